The number of hydrogen-bond acceptors (Lipinski definition) is 4. The first-order chi connectivity index (χ1) is 10.2. The van der Waals surface area contributed by atoms with Crippen molar-refractivity contribution in [3.05, 3.63) is 36.0 Å². The number of anilines is 1. The Morgan fingerprint density at radius 3 is 2.90 bits per heavy atom. The number of nitrogens with two attached hydrogens (primary N) is 1. The fourth-order valence-corrected chi connectivity index (χ4v) is 3.92. The normalized spacial score (nSPS) is 21.6. The molecule has 2 unspecified atom stereocenters. The van der Waals surface area contributed by atoms with Crippen molar-refractivity contribution < 1.29 is 0 Å². The maximum atomic E-state index is 5.88. The molecule has 1 aromatic heterocycles. The molecular weight excluding hydrogens is 298 g/mol. The van der Waals surface area contributed by atoms with Gasteiger partial charge in [-0.15, -0.1) is 0 Å². The predicted molar refractivity (Wildman–Crippen MR) is 96.2 cm³/mol. The smallest absolute Gasteiger partial charge is 0.107 e. The number of nitrogens with zero attached hydrogens (tertiary/aromatic N) is 1. The van der Waals surface area contributed by atoms with E-state index in [1.54, 1.807) is 6.20 Å². The van der Waals surface area contributed by atoms with E-state index in [9.17, 15) is 0 Å². The molecule has 2 aromatic rings. The van der Waals surface area contributed by atoms with Crippen molar-refractivity contribution >= 4 is 45.6 Å². The number of fused-ring (bicyclic) bond motifs is 1. The second kappa shape index (κ2) is 6.20. The van der Waals surface area contributed by atoms with Crippen molar-refractivity contribution in [2.75, 3.05) is 11.6 Å². The second-order valence-corrected chi connectivity index (χ2v) is 7.02. The highest BCUT2D eigenvalue weighted by Crippen LogP contribution is 2.33. The number of para-hydroxylation sites is 1. The zero-order valence-electron chi connectivity index (χ0n) is 12.0. The summed E-state index contributed by atoms with van der Waals surface area (Å²) in [6.45, 7) is 0. The van der Waals surface area contributed by atoms with E-state index in [1.807, 2.05) is 30.0 Å². The summed E-state index contributed by atoms with van der Waals surface area (Å²) in [5, 5.41) is 5.52. The summed E-state index contributed by atoms with van der Waals surface area (Å²) in [4.78, 5) is 4.86. The molecule has 1 saturated carbocycles. The highest BCUT2D eigenvalue weighted by molar-refractivity contribution is 7.99. The van der Waals surface area contributed by atoms with Crippen molar-refractivity contribution in [2.24, 2.45) is 5.73 Å². The monoisotopic (exact) mass is 317 g/mol. The summed E-state index contributed by atoms with van der Waals surface area (Å²) in [5.41, 5.74) is 8.74. The summed E-state index contributed by atoms with van der Waals surface area (Å²) in [6, 6.07) is 8.61. The second-order valence-electron chi connectivity index (χ2n) is 5.44. The number of thioether (sulfide) groups is 1. The van der Waals surface area contributed by atoms with Gasteiger partial charge in [-0.05, 0) is 31.6 Å². The molecule has 0 spiro atoms. The number of thiocarbonyl (C=S) groups is 1. The van der Waals surface area contributed by atoms with Crippen molar-refractivity contribution in [1.82, 2.24) is 4.98 Å². The van der Waals surface area contributed by atoms with Crippen molar-refractivity contribution in [2.45, 2.75) is 30.6 Å². The highest BCUT2D eigenvalue weighted by atomic mass is 32.2. The van der Waals surface area contributed by atoms with Gasteiger partial charge >= 0.3 is 0 Å². The van der Waals surface area contributed by atoms with E-state index >= 15 is 0 Å². The number of aromatic nitrogens is 1. The van der Waals surface area contributed by atoms with Crippen LogP contribution in [0.4, 0.5) is 5.69 Å². The van der Waals surface area contributed by atoms with Gasteiger partial charge in [0.2, 0.25) is 0 Å². The number of hydrogen-bond donors (Lipinski definition) is 2. The van der Waals surface area contributed by atoms with Gasteiger partial charge in [-0.1, -0.05) is 30.4 Å². The molecule has 2 atom stereocenters. The van der Waals surface area contributed by atoms with Crippen molar-refractivity contribution in [3.8, 4) is 0 Å². The van der Waals surface area contributed by atoms with E-state index in [4.69, 9.17) is 18.0 Å². The van der Waals surface area contributed by atoms with Crippen LogP contribution >= 0.6 is 24.0 Å². The zero-order valence-corrected chi connectivity index (χ0v) is 13.6. The van der Waals surface area contributed by atoms with Crippen LogP contribution in [0, 0.1) is 0 Å². The molecule has 1 aromatic carbocycles. The summed E-state index contributed by atoms with van der Waals surface area (Å²) in [6.07, 6.45) is 7.63. The van der Waals surface area contributed by atoms with Gasteiger partial charge in [0.25, 0.3) is 0 Å². The number of nitrogens with one attached hydrogen (secondary N) is 1. The van der Waals surface area contributed by atoms with Gasteiger partial charge in [-0.2, -0.15) is 11.8 Å². The Bertz CT molecular complexity index is 672. The number of pyridine rings is 1. The van der Waals surface area contributed by atoms with Gasteiger partial charge in [0.15, 0.2) is 0 Å². The maximum Gasteiger partial charge on any atom is 0.107 e. The van der Waals surface area contributed by atoms with Crippen LogP contribution in [0.1, 0.15) is 24.8 Å². The molecule has 0 amide bonds. The fourth-order valence-electron chi connectivity index (χ4n) is 2.97. The first-order valence-corrected chi connectivity index (χ1v) is 8.85. The Hall–Kier alpha value is -1.33. The van der Waals surface area contributed by atoms with Gasteiger partial charge in [0.05, 0.1) is 16.8 Å². The third kappa shape index (κ3) is 2.99. The lowest BCUT2D eigenvalue weighted by molar-refractivity contribution is 0.758. The molecule has 0 saturated heterocycles. The SMILES string of the molecule is CSC1CCC(Nc2c(C(N)=S)cnc3ccccc23)C1. The molecule has 1 heterocycles. The largest absolute Gasteiger partial charge is 0.389 e. The molecule has 110 valence electrons. The Kier molecular flexibility index (Phi) is 4.31. The van der Waals surface area contributed by atoms with E-state index in [-0.39, 0.29) is 0 Å². The van der Waals surface area contributed by atoms with E-state index in [1.165, 1.54) is 19.3 Å². The van der Waals surface area contributed by atoms with Crippen LogP contribution in [-0.4, -0.2) is 27.5 Å². The lowest BCUT2D eigenvalue weighted by Crippen LogP contribution is -2.20. The van der Waals surface area contributed by atoms with Gasteiger partial charge in [-0.3, -0.25) is 4.98 Å². The van der Waals surface area contributed by atoms with E-state index < -0.39 is 0 Å². The minimum atomic E-state index is 0.398. The van der Waals surface area contributed by atoms with Crippen LogP contribution in [-0.2, 0) is 0 Å². The third-order valence-electron chi connectivity index (χ3n) is 4.11. The van der Waals surface area contributed by atoms with Gasteiger partial charge in [0, 0.05) is 22.9 Å². The third-order valence-corrected chi connectivity index (χ3v) is 5.42. The topological polar surface area (TPSA) is 50.9 Å². The lowest BCUT2D eigenvalue weighted by atomic mass is 10.1. The standard InChI is InChI=1S/C16H19N3S2/c1-21-11-7-6-10(8-11)19-15-12-4-2-3-5-14(12)18-9-13(15)16(17)20/h2-5,9-11H,6-8H2,1H3,(H2,17,20)(H,18,19). The molecular formula is C16H19N3S2. The van der Waals surface area contributed by atoms with Gasteiger partial charge in [0.1, 0.15) is 4.99 Å². The molecule has 3 nitrogen and oxygen atoms in total. The zero-order chi connectivity index (χ0) is 14.8. The van der Waals surface area contributed by atoms with Gasteiger partial charge < -0.3 is 11.1 Å². The van der Waals surface area contributed by atoms with Crippen LogP contribution in [0.2, 0.25) is 0 Å². The molecule has 0 bridgehead atoms. The quantitative estimate of drug-likeness (QED) is 0.844. The van der Waals surface area contributed by atoms with E-state index in [0.717, 1.165) is 27.4 Å². The first-order valence-electron chi connectivity index (χ1n) is 7.16. The molecule has 5 heteroatoms. The molecule has 0 radical (unpaired) electrons. The molecule has 0 aliphatic heterocycles. The van der Waals surface area contributed by atoms with E-state index in [0.29, 0.717) is 11.0 Å². The van der Waals surface area contributed by atoms with Crippen LogP contribution in [0.3, 0.4) is 0 Å². The fraction of sp³-hybridized carbons (Fsp3) is 0.375. The molecule has 3 N–H and O–H groups in total. The summed E-state index contributed by atoms with van der Waals surface area (Å²) < 4.78 is 0. The summed E-state index contributed by atoms with van der Waals surface area (Å²) in [5.74, 6) is 0. The Labute approximate surface area is 134 Å². The van der Waals surface area contributed by atoms with E-state index in [2.05, 4.69) is 22.6 Å². The minimum absolute atomic E-state index is 0.398. The first kappa shape index (κ1) is 14.6. The molecule has 1 aliphatic carbocycles. The Morgan fingerprint density at radius 1 is 1.38 bits per heavy atom. The van der Waals surface area contributed by atoms with Crippen molar-refractivity contribution in [1.29, 1.82) is 0 Å². The Morgan fingerprint density at radius 2 is 2.19 bits per heavy atom. The summed E-state index contributed by atoms with van der Waals surface area (Å²) in [7, 11) is 0. The average molecular weight is 317 g/mol. The molecule has 21 heavy (non-hydrogen) atoms. The maximum absolute atomic E-state index is 5.88. The minimum Gasteiger partial charge on any atom is -0.389 e. The average Bonchev–Trinajstić information content (AvgIpc) is 2.95. The van der Waals surface area contributed by atoms with Crippen LogP contribution in [0.5, 0.6) is 0 Å². The van der Waals surface area contributed by atoms with Crippen LogP contribution < -0.4 is 11.1 Å². The molecule has 1 fully saturated rings. The lowest BCUT2D eigenvalue weighted by Gasteiger charge is -2.19. The molecule has 1 aliphatic rings. The predicted octanol–water partition coefficient (Wildman–Crippen LogP) is 3.57. The van der Waals surface area contributed by atoms with Crippen LogP contribution in [0.15, 0.2) is 30.5 Å². The summed E-state index contributed by atoms with van der Waals surface area (Å²) >= 11 is 7.15. The highest BCUT2D eigenvalue weighted by Gasteiger charge is 2.25. The number of rotatable bonds is 4. The van der Waals surface area contributed by atoms with Crippen LogP contribution in [0.25, 0.3) is 10.9 Å². The Balaban J connectivity index is 1.99. The molecule has 3 rings (SSSR count). The van der Waals surface area contributed by atoms with Gasteiger partial charge in [-0.25, -0.2) is 0 Å². The van der Waals surface area contributed by atoms with Crippen molar-refractivity contribution in [3.63, 3.8) is 0 Å². The number of benzene rings is 1.